The Hall–Kier alpha value is -1.72. The number of rotatable bonds is 5. The molecule has 0 heterocycles. The topological polar surface area (TPSA) is 24.1 Å². The molecule has 0 radical (unpaired) electrons. The van der Waals surface area contributed by atoms with Crippen LogP contribution in [-0.2, 0) is 6.54 Å². The Bertz CT molecular complexity index is 881. The third kappa shape index (κ3) is 5.64. The minimum Gasteiger partial charge on any atom is -0.358 e. The fraction of sp³-hybridized carbons (Fsp3) is 0.0500. The molecule has 0 aliphatic carbocycles. The summed E-state index contributed by atoms with van der Waals surface area (Å²) in [5, 5.41) is 8.51. The number of halogens is 2. The van der Waals surface area contributed by atoms with Crippen molar-refractivity contribution in [2.24, 2.45) is 0 Å². The van der Waals surface area contributed by atoms with Gasteiger partial charge >= 0.3 is 0 Å². The van der Waals surface area contributed by atoms with E-state index in [2.05, 4.69) is 16.7 Å². The number of benzene rings is 3. The lowest BCUT2D eigenvalue weighted by Gasteiger charge is -2.14. The van der Waals surface area contributed by atoms with E-state index in [9.17, 15) is 0 Å². The van der Waals surface area contributed by atoms with Crippen LogP contribution in [0.5, 0.6) is 0 Å². The van der Waals surface area contributed by atoms with Crippen LogP contribution >= 0.6 is 47.2 Å². The Morgan fingerprint density at radius 3 is 2.15 bits per heavy atom. The lowest BCUT2D eigenvalue weighted by atomic mass is 10.2. The third-order valence-electron chi connectivity index (χ3n) is 3.54. The maximum Gasteiger partial charge on any atom is 0.171 e. The maximum absolute atomic E-state index is 5.95. The molecule has 0 spiro atoms. The number of anilines is 1. The van der Waals surface area contributed by atoms with Gasteiger partial charge in [0.15, 0.2) is 5.11 Å². The number of para-hydroxylation sites is 1. The molecule has 0 bridgehead atoms. The van der Waals surface area contributed by atoms with Crippen molar-refractivity contribution in [2.45, 2.75) is 16.3 Å². The minimum absolute atomic E-state index is 0.573. The molecule has 132 valence electrons. The van der Waals surface area contributed by atoms with E-state index >= 15 is 0 Å². The smallest absolute Gasteiger partial charge is 0.171 e. The predicted molar refractivity (Wildman–Crippen MR) is 117 cm³/mol. The molecule has 3 rings (SSSR count). The van der Waals surface area contributed by atoms with Gasteiger partial charge in [-0.3, -0.25) is 0 Å². The van der Waals surface area contributed by atoms with Gasteiger partial charge in [0.25, 0.3) is 0 Å². The van der Waals surface area contributed by atoms with Crippen molar-refractivity contribution in [1.82, 2.24) is 5.32 Å². The van der Waals surface area contributed by atoms with Crippen LogP contribution in [0, 0.1) is 0 Å². The van der Waals surface area contributed by atoms with Crippen LogP contribution in [0.2, 0.25) is 10.0 Å². The van der Waals surface area contributed by atoms with Gasteiger partial charge in [0.05, 0.1) is 5.69 Å². The van der Waals surface area contributed by atoms with Gasteiger partial charge in [-0.2, -0.15) is 0 Å². The normalized spacial score (nSPS) is 10.4. The Morgan fingerprint density at radius 1 is 0.846 bits per heavy atom. The summed E-state index contributed by atoms with van der Waals surface area (Å²) < 4.78 is 0. The first-order valence-electron chi connectivity index (χ1n) is 7.92. The molecular weight excluding hydrogens is 403 g/mol. The fourth-order valence-electron chi connectivity index (χ4n) is 2.24. The van der Waals surface area contributed by atoms with Crippen LogP contribution in [0.15, 0.2) is 82.6 Å². The standard InChI is InChI=1S/C20H16Cl2N2S2/c21-15-7-5-14(6-8-15)13-23-20(25)24-18-3-1-2-4-19(18)26-17-11-9-16(22)10-12-17/h1-12H,13H2,(H2,23,24,25). The van der Waals surface area contributed by atoms with E-state index in [0.717, 1.165) is 31.1 Å². The highest BCUT2D eigenvalue weighted by Crippen LogP contribution is 2.33. The fourth-order valence-corrected chi connectivity index (χ4v) is 3.58. The molecule has 3 aromatic rings. The molecule has 26 heavy (non-hydrogen) atoms. The van der Waals surface area contributed by atoms with E-state index < -0.39 is 0 Å². The van der Waals surface area contributed by atoms with Crippen LogP contribution in [0.4, 0.5) is 5.69 Å². The second-order valence-electron chi connectivity index (χ2n) is 5.49. The second-order valence-corrected chi connectivity index (χ2v) is 7.88. The largest absolute Gasteiger partial charge is 0.358 e. The lowest BCUT2D eigenvalue weighted by molar-refractivity contribution is 0.925. The van der Waals surface area contributed by atoms with E-state index in [1.807, 2.05) is 66.7 Å². The van der Waals surface area contributed by atoms with Crippen molar-refractivity contribution < 1.29 is 0 Å². The van der Waals surface area contributed by atoms with Crippen molar-refractivity contribution in [3.63, 3.8) is 0 Å². The van der Waals surface area contributed by atoms with Gasteiger partial charge < -0.3 is 10.6 Å². The Balaban J connectivity index is 1.62. The number of nitrogens with one attached hydrogen (secondary N) is 2. The average molecular weight is 419 g/mol. The highest BCUT2D eigenvalue weighted by molar-refractivity contribution is 7.99. The number of hydrogen-bond donors (Lipinski definition) is 2. The Labute approximate surface area is 172 Å². The lowest BCUT2D eigenvalue weighted by Crippen LogP contribution is -2.28. The predicted octanol–water partition coefficient (Wildman–Crippen LogP) is 6.63. The summed E-state index contributed by atoms with van der Waals surface area (Å²) >= 11 is 18.9. The monoisotopic (exact) mass is 418 g/mol. The van der Waals surface area contributed by atoms with E-state index in [0.29, 0.717) is 11.7 Å². The molecular formula is C20H16Cl2N2S2. The summed E-state index contributed by atoms with van der Waals surface area (Å²) in [6.45, 7) is 0.634. The van der Waals surface area contributed by atoms with Gasteiger partial charge in [-0.05, 0) is 66.3 Å². The zero-order valence-corrected chi connectivity index (χ0v) is 16.9. The molecule has 0 saturated heterocycles. The third-order valence-corrected chi connectivity index (χ3v) is 5.38. The highest BCUT2D eigenvalue weighted by atomic mass is 35.5. The van der Waals surface area contributed by atoms with Crippen molar-refractivity contribution in [2.75, 3.05) is 5.32 Å². The zero-order valence-electron chi connectivity index (χ0n) is 13.7. The summed E-state index contributed by atoms with van der Waals surface area (Å²) in [4.78, 5) is 2.20. The summed E-state index contributed by atoms with van der Waals surface area (Å²) in [5.74, 6) is 0. The van der Waals surface area contributed by atoms with Gasteiger partial charge in [0.1, 0.15) is 0 Å². The van der Waals surface area contributed by atoms with Crippen molar-refractivity contribution in [1.29, 1.82) is 0 Å². The molecule has 0 aliphatic heterocycles. The van der Waals surface area contributed by atoms with Crippen LogP contribution in [0.3, 0.4) is 0 Å². The molecule has 0 fully saturated rings. The number of thiocarbonyl (C=S) groups is 1. The second kappa shape index (κ2) is 9.28. The van der Waals surface area contributed by atoms with E-state index in [1.165, 1.54) is 0 Å². The Morgan fingerprint density at radius 2 is 1.46 bits per heavy atom. The molecule has 3 aromatic carbocycles. The summed E-state index contributed by atoms with van der Waals surface area (Å²) in [5.41, 5.74) is 2.07. The molecule has 6 heteroatoms. The first-order chi connectivity index (χ1) is 12.6. The van der Waals surface area contributed by atoms with Crippen LogP contribution < -0.4 is 10.6 Å². The molecule has 0 saturated carbocycles. The van der Waals surface area contributed by atoms with E-state index in [4.69, 9.17) is 35.4 Å². The Kier molecular flexibility index (Phi) is 6.80. The molecule has 2 N–H and O–H groups in total. The minimum atomic E-state index is 0.573. The molecule has 2 nitrogen and oxygen atoms in total. The summed E-state index contributed by atoms with van der Waals surface area (Å²) in [7, 11) is 0. The van der Waals surface area contributed by atoms with E-state index in [-0.39, 0.29) is 0 Å². The van der Waals surface area contributed by atoms with Gasteiger partial charge in [-0.25, -0.2) is 0 Å². The molecule has 0 aliphatic rings. The van der Waals surface area contributed by atoms with Crippen molar-refractivity contribution in [3.8, 4) is 0 Å². The van der Waals surface area contributed by atoms with Crippen LogP contribution in [0.1, 0.15) is 5.56 Å². The first-order valence-corrected chi connectivity index (χ1v) is 9.90. The van der Waals surface area contributed by atoms with Crippen molar-refractivity contribution >= 4 is 58.0 Å². The van der Waals surface area contributed by atoms with Gasteiger partial charge in [0.2, 0.25) is 0 Å². The van der Waals surface area contributed by atoms with Crippen LogP contribution in [0.25, 0.3) is 0 Å². The van der Waals surface area contributed by atoms with Crippen LogP contribution in [-0.4, -0.2) is 5.11 Å². The van der Waals surface area contributed by atoms with Gasteiger partial charge in [-0.15, -0.1) is 0 Å². The molecule has 0 aromatic heterocycles. The molecule has 0 amide bonds. The van der Waals surface area contributed by atoms with Gasteiger partial charge in [-0.1, -0.05) is 59.2 Å². The van der Waals surface area contributed by atoms with E-state index in [1.54, 1.807) is 11.8 Å². The number of hydrogen-bond acceptors (Lipinski definition) is 2. The maximum atomic E-state index is 5.95. The summed E-state index contributed by atoms with van der Waals surface area (Å²) in [6.07, 6.45) is 0. The van der Waals surface area contributed by atoms with Crippen molar-refractivity contribution in [3.05, 3.63) is 88.4 Å². The summed E-state index contributed by atoms with van der Waals surface area (Å²) in [6, 6.07) is 23.5. The zero-order chi connectivity index (χ0) is 18.4. The molecule has 0 atom stereocenters. The first kappa shape index (κ1) is 19.1. The SMILES string of the molecule is S=C(NCc1ccc(Cl)cc1)Nc1ccccc1Sc1ccc(Cl)cc1. The molecule has 0 unspecified atom stereocenters. The van der Waals surface area contributed by atoms with Gasteiger partial charge in [0, 0.05) is 26.4 Å². The quantitative estimate of drug-likeness (QED) is 0.453. The highest BCUT2D eigenvalue weighted by Gasteiger charge is 2.06. The average Bonchev–Trinajstić information content (AvgIpc) is 2.65.